The summed E-state index contributed by atoms with van der Waals surface area (Å²) >= 11 is 0. The second-order valence-corrected chi connectivity index (χ2v) is 6.30. The van der Waals surface area contributed by atoms with E-state index in [9.17, 15) is 9.59 Å². The molecule has 0 bridgehead atoms. The van der Waals surface area contributed by atoms with Gasteiger partial charge in [-0.15, -0.1) is 0 Å². The topological polar surface area (TPSA) is 67.9 Å². The smallest absolute Gasteiger partial charge is 0.258 e. The Morgan fingerprint density at radius 2 is 1.54 bits per heavy atom. The number of nitrogens with one attached hydrogen (secondary N) is 1. The lowest BCUT2D eigenvalue weighted by atomic mass is 10.1. The first kappa shape index (κ1) is 17.6. The number of rotatable bonds is 4. The van der Waals surface area contributed by atoms with E-state index >= 15 is 0 Å². The van der Waals surface area contributed by atoms with Crippen LogP contribution in [-0.4, -0.2) is 25.7 Å². The molecule has 140 valence electrons. The maximum atomic E-state index is 12.6. The fourth-order valence-corrected chi connectivity index (χ4v) is 2.90. The molecule has 1 aliphatic heterocycles. The van der Waals surface area contributed by atoms with Crippen LogP contribution in [0.5, 0.6) is 11.5 Å². The number of hydrogen-bond acceptors (Lipinski definition) is 4. The van der Waals surface area contributed by atoms with Crippen molar-refractivity contribution in [2.45, 2.75) is 0 Å². The van der Waals surface area contributed by atoms with Crippen LogP contribution in [0.3, 0.4) is 0 Å². The summed E-state index contributed by atoms with van der Waals surface area (Å²) in [5.41, 5.74) is 2.37. The zero-order valence-corrected chi connectivity index (χ0v) is 15.2. The molecule has 0 unspecified atom stereocenters. The van der Waals surface area contributed by atoms with Crippen LogP contribution in [0.2, 0.25) is 0 Å². The van der Waals surface area contributed by atoms with Gasteiger partial charge in [0, 0.05) is 35.6 Å². The molecule has 2 amide bonds. The van der Waals surface area contributed by atoms with Crippen molar-refractivity contribution in [1.29, 1.82) is 0 Å². The van der Waals surface area contributed by atoms with Gasteiger partial charge < -0.3 is 19.7 Å². The summed E-state index contributed by atoms with van der Waals surface area (Å²) in [7, 11) is 1.72. The summed E-state index contributed by atoms with van der Waals surface area (Å²) < 4.78 is 10.6. The van der Waals surface area contributed by atoms with Crippen LogP contribution in [0.25, 0.3) is 0 Å². The zero-order valence-electron chi connectivity index (χ0n) is 15.2. The average Bonchev–Trinajstić information content (AvgIpc) is 3.21. The molecule has 0 radical (unpaired) electrons. The minimum absolute atomic E-state index is 0.145. The lowest BCUT2D eigenvalue weighted by Gasteiger charge is -2.17. The Balaban J connectivity index is 1.45. The van der Waals surface area contributed by atoms with E-state index in [1.54, 1.807) is 54.4 Å². The van der Waals surface area contributed by atoms with Crippen molar-refractivity contribution in [3.8, 4) is 11.5 Å². The van der Waals surface area contributed by atoms with E-state index in [4.69, 9.17) is 9.47 Å². The molecular formula is C22H18N2O4. The molecule has 0 saturated heterocycles. The predicted octanol–water partition coefficient (Wildman–Crippen LogP) is 3.94. The van der Waals surface area contributed by atoms with Gasteiger partial charge in [0.2, 0.25) is 6.79 Å². The van der Waals surface area contributed by atoms with E-state index < -0.39 is 0 Å². The van der Waals surface area contributed by atoms with Crippen molar-refractivity contribution >= 4 is 23.2 Å². The highest BCUT2D eigenvalue weighted by Crippen LogP contribution is 2.34. The van der Waals surface area contributed by atoms with E-state index in [-0.39, 0.29) is 18.6 Å². The summed E-state index contributed by atoms with van der Waals surface area (Å²) in [6.45, 7) is 0.180. The maximum Gasteiger partial charge on any atom is 0.258 e. The lowest BCUT2D eigenvalue weighted by Crippen LogP contribution is -2.26. The molecule has 0 fully saturated rings. The van der Waals surface area contributed by atoms with Gasteiger partial charge in [-0.05, 0) is 48.5 Å². The Labute approximate surface area is 162 Å². The van der Waals surface area contributed by atoms with Crippen LogP contribution in [0.4, 0.5) is 11.4 Å². The van der Waals surface area contributed by atoms with Crippen LogP contribution in [0.15, 0.2) is 72.8 Å². The monoisotopic (exact) mass is 374 g/mol. The molecule has 0 saturated carbocycles. The second-order valence-electron chi connectivity index (χ2n) is 6.30. The molecule has 1 N–H and O–H groups in total. The van der Waals surface area contributed by atoms with Crippen molar-refractivity contribution in [1.82, 2.24) is 0 Å². The Bertz CT molecular complexity index is 1020. The molecule has 3 aromatic rings. The minimum atomic E-state index is -0.269. The fraction of sp³-hybridized carbons (Fsp3) is 0.0909. The van der Waals surface area contributed by atoms with Crippen molar-refractivity contribution < 1.29 is 19.1 Å². The van der Waals surface area contributed by atoms with Gasteiger partial charge in [-0.2, -0.15) is 0 Å². The third-order valence-corrected chi connectivity index (χ3v) is 4.47. The molecule has 0 aliphatic carbocycles. The summed E-state index contributed by atoms with van der Waals surface area (Å²) in [5, 5.41) is 2.82. The molecule has 1 heterocycles. The van der Waals surface area contributed by atoms with Gasteiger partial charge in [-0.25, -0.2) is 0 Å². The van der Waals surface area contributed by atoms with Crippen molar-refractivity contribution in [2.24, 2.45) is 0 Å². The average molecular weight is 374 g/mol. The first-order valence-corrected chi connectivity index (χ1v) is 8.76. The molecule has 6 nitrogen and oxygen atoms in total. The molecule has 6 heteroatoms. The lowest BCUT2D eigenvalue weighted by molar-refractivity contribution is 0.0989. The highest BCUT2D eigenvalue weighted by Gasteiger charge is 2.16. The van der Waals surface area contributed by atoms with Crippen LogP contribution in [0.1, 0.15) is 20.7 Å². The van der Waals surface area contributed by atoms with E-state index in [0.717, 1.165) is 5.69 Å². The number of nitrogens with zero attached hydrogens (tertiary/aromatic N) is 1. The largest absolute Gasteiger partial charge is 0.454 e. The fourth-order valence-electron chi connectivity index (χ4n) is 2.90. The zero-order chi connectivity index (χ0) is 19.5. The Hall–Kier alpha value is -3.80. The van der Waals surface area contributed by atoms with Crippen molar-refractivity contribution in [2.75, 3.05) is 24.1 Å². The van der Waals surface area contributed by atoms with E-state index in [0.29, 0.717) is 28.3 Å². The van der Waals surface area contributed by atoms with Gasteiger partial charge in [0.25, 0.3) is 11.8 Å². The summed E-state index contributed by atoms with van der Waals surface area (Å²) in [6, 6.07) is 21.2. The molecule has 1 aliphatic rings. The predicted molar refractivity (Wildman–Crippen MR) is 106 cm³/mol. The SMILES string of the molecule is CN(C(=O)c1ccc(C(=O)Nc2ccc3c(c2)OCO3)cc1)c1ccccc1. The minimum Gasteiger partial charge on any atom is -0.454 e. The van der Waals surface area contributed by atoms with Gasteiger partial charge in [-0.3, -0.25) is 9.59 Å². The third-order valence-electron chi connectivity index (χ3n) is 4.47. The Morgan fingerprint density at radius 3 is 2.29 bits per heavy atom. The summed E-state index contributed by atoms with van der Waals surface area (Å²) in [6.07, 6.45) is 0. The molecule has 28 heavy (non-hydrogen) atoms. The molecular weight excluding hydrogens is 356 g/mol. The van der Waals surface area contributed by atoms with Gasteiger partial charge in [0.15, 0.2) is 11.5 Å². The number of carbonyl (C=O) groups is 2. The molecule has 3 aromatic carbocycles. The molecule has 4 rings (SSSR count). The third kappa shape index (κ3) is 3.53. The number of fused-ring (bicyclic) bond motifs is 1. The normalized spacial score (nSPS) is 11.8. The van der Waals surface area contributed by atoms with E-state index in [1.165, 1.54) is 0 Å². The molecule has 0 atom stereocenters. The van der Waals surface area contributed by atoms with Gasteiger partial charge >= 0.3 is 0 Å². The number of amides is 2. The van der Waals surface area contributed by atoms with Gasteiger partial charge in [-0.1, -0.05) is 18.2 Å². The van der Waals surface area contributed by atoms with Crippen molar-refractivity contribution in [3.05, 3.63) is 83.9 Å². The van der Waals surface area contributed by atoms with Crippen molar-refractivity contribution in [3.63, 3.8) is 0 Å². The van der Waals surface area contributed by atoms with E-state index in [2.05, 4.69) is 5.32 Å². The first-order valence-electron chi connectivity index (χ1n) is 8.76. The quantitative estimate of drug-likeness (QED) is 0.751. The number of para-hydroxylation sites is 1. The number of carbonyl (C=O) groups excluding carboxylic acids is 2. The van der Waals surface area contributed by atoms with Crippen LogP contribution >= 0.6 is 0 Å². The highest BCUT2D eigenvalue weighted by atomic mass is 16.7. The molecule has 0 aromatic heterocycles. The van der Waals surface area contributed by atoms with Crippen LogP contribution in [-0.2, 0) is 0 Å². The number of hydrogen-bond donors (Lipinski definition) is 1. The highest BCUT2D eigenvalue weighted by molar-refractivity contribution is 6.08. The van der Waals surface area contributed by atoms with Crippen LogP contribution in [0, 0.1) is 0 Å². The van der Waals surface area contributed by atoms with Crippen LogP contribution < -0.4 is 19.7 Å². The number of ether oxygens (including phenoxy) is 2. The van der Waals surface area contributed by atoms with Gasteiger partial charge in [0.1, 0.15) is 0 Å². The number of anilines is 2. The molecule has 0 spiro atoms. The maximum absolute atomic E-state index is 12.6. The second kappa shape index (κ2) is 7.44. The first-order chi connectivity index (χ1) is 13.6. The Morgan fingerprint density at radius 1 is 0.857 bits per heavy atom. The van der Waals surface area contributed by atoms with E-state index in [1.807, 2.05) is 30.3 Å². The number of benzene rings is 3. The standard InChI is InChI=1S/C22H18N2O4/c1-24(18-5-3-2-4-6-18)22(26)16-9-7-15(8-10-16)21(25)23-17-11-12-19-20(13-17)28-14-27-19/h2-13H,14H2,1H3,(H,23,25). The van der Waals surface area contributed by atoms with Gasteiger partial charge in [0.05, 0.1) is 0 Å². The Kier molecular flexibility index (Phi) is 4.68. The summed E-state index contributed by atoms with van der Waals surface area (Å²) in [5.74, 6) is 0.842. The summed E-state index contributed by atoms with van der Waals surface area (Å²) in [4.78, 5) is 26.7.